The molecule has 0 aromatic heterocycles. The molecule has 116 valence electrons. The van der Waals surface area contributed by atoms with Crippen LogP contribution in [0.15, 0.2) is 18.2 Å². The molecule has 3 heteroatoms. The Hall–Kier alpha value is -1.35. The standard InChI is InChI=1S/C18H27NO2/c1-12(2)9-13(3)19-11-16-6-4-5-14-7-8-15(18(20)21)10-17(14)16/h7-8,10,12-13,16,19H,4-6,9,11H2,1-3H3,(H,20,21). The molecule has 0 amide bonds. The van der Waals surface area contributed by atoms with Crippen molar-refractivity contribution >= 4 is 5.97 Å². The van der Waals surface area contributed by atoms with Crippen LogP contribution in [0.4, 0.5) is 0 Å². The first-order valence-corrected chi connectivity index (χ1v) is 8.07. The number of aryl methyl sites for hydroxylation is 1. The predicted octanol–water partition coefficient (Wildman–Crippen LogP) is 3.83. The van der Waals surface area contributed by atoms with Crippen LogP contribution in [-0.2, 0) is 6.42 Å². The summed E-state index contributed by atoms with van der Waals surface area (Å²) in [5, 5.41) is 12.8. The summed E-state index contributed by atoms with van der Waals surface area (Å²) in [6.45, 7) is 7.67. The Balaban J connectivity index is 2.06. The first kappa shape index (κ1) is 16.0. The van der Waals surface area contributed by atoms with E-state index in [-0.39, 0.29) is 0 Å². The molecule has 1 aromatic rings. The number of carbonyl (C=O) groups is 1. The zero-order valence-electron chi connectivity index (χ0n) is 13.4. The van der Waals surface area contributed by atoms with Crippen LogP contribution < -0.4 is 5.32 Å². The number of aromatic carboxylic acids is 1. The summed E-state index contributed by atoms with van der Waals surface area (Å²) >= 11 is 0. The Morgan fingerprint density at radius 1 is 1.38 bits per heavy atom. The van der Waals surface area contributed by atoms with Crippen molar-refractivity contribution in [3.8, 4) is 0 Å². The van der Waals surface area contributed by atoms with E-state index in [0.717, 1.165) is 19.4 Å². The average molecular weight is 289 g/mol. The fraction of sp³-hybridized carbons (Fsp3) is 0.611. The summed E-state index contributed by atoms with van der Waals surface area (Å²) in [7, 11) is 0. The first-order chi connectivity index (χ1) is 9.97. The second-order valence-corrected chi connectivity index (χ2v) is 6.75. The van der Waals surface area contributed by atoms with Gasteiger partial charge in [0.2, 0.25) is 0 Å². The Morgan fingerprint density at radius 3 is 2.81 bits per heavy atom. The highest BCUT2D eigenvalue weighted by atomic mass is 16.4. The van der Waals surface area contributed by atoms with Crippen LogP contribution in [-0.4, -0.2) is 23.7 Å². The molecule has 21 heavy (non-hydrogen) atoms. The van der Waals surface area contributed by atoms with Gasteiger partial charge in [0.15, 0.2) is 0 Å². The van der Waals surface area contributed by atoms with Crippen molar-refractivity contribution in [2.24, 2.45) is 5.92 Å². The Bertz CT molecular complexity index is 496. The molecule has 1 aliphatic rings. The number of benzene rings is 1. The molecule has 2 unspecified atom stereocenters. The third-order valence-corrected chi connectivity index (χ3v) is 4.37. The summed E-state index contributed by atoms with van der Waals surface area (Å²) in [5.41, 5.74) is 2.98. The zero-order chi connectivity index (χ0) is 15.4. The maximum absolute atomic E-state index is 11.2. The van der Waals surface area contributed by atoms with Gasteiger partial charge in [-0.3, -0.25) is 0 Å². The van der Waals surface area contributed by atoms with Gasteiger partial charge in [-0.05, 0) is 67.7 Å². The fourth-order valence-electron chi connectivity index (χ4n) is 3.38. The van der Waals surface area contributed by atoms with Crippen molar-refractivity contribution in [2.45, 2.75) is 58.4 Å². The molecule has 0 spiro atoms. The topological polar surface area (TPSA) is 49.3 Å². The van der Waals surface area contributed by atoms with E-state index in [9.17, 15) is 9.90 Å². The SMILES string of the molecule is CC(C)CC(C)NCC1CCCc2ccc(C(=O)O)cc21. The third-order valence-electron chi connectivity index (χ3n) is 4.37. The summed E-state index contributed by atoms with van der Waals surface area (Å²) in [4.78, 5) is 11.2. The van der Waals surface area contributed by atoms with Crippen molar-refractivity contribution in [3.05, 3.63) is 34.9 Å². The van der Waals surface area contributed by atoms with Crippen LogP contribution in [0.5, 0.6) is 0 Å². The maximum Gasteiger partial charge on any atom is 0.335 e. The van der Waals surface area contributed by atoms with Crippen LogP contribution >= 0.6 is 0 Å². The fourth-order valence-corrected chi connectivity index (χ4v) is 3.38. The molecule has 2 rings (SSSR count). The molecule has 0 saturated carbocycles. The minimum atomic E-state index is -0.830. The highest BCUT2D eigenvalue weighted by Gasteiger charge is 2.22. The molecule has 0 aliphatic heterocycles. The second kappa shape index (κ2) is 7.08. The van der Waals surface area contributed by atoms with E-state index in [2.05, 4.69) is 26.1 Å². The molecule has 0 fully saturated rings. The number of carboxylic acid groups (broad SMARTS) is 1. The van der Waals surface area contributed by atoms with Gasteiger partial charge in [-0.1, -0.05) is 19.9 Å². The molecular formula is C18H27NO2. The molecule has 1 aromatic carbocycles. The predicted molar refractivity (Wildman–Crippen MR) is 86.0 cm³/mol. The number of hydrogen-bond donors (Lipinski definition) is 2. The van der Waals surface area contributed by atoms with Crippen molar-refractivity contribution in [1.29, 1.82) is 0 Å². The van der Waals surface area contributed by atoms with Gasteiger partial charge in [-0.25, -0.2) is 4.79 Å². The van der Waals surface area contributed by atoms with E-state index in [0.29, 0.717) is 23.4 Å². The smallest absolute Gasteiger partial charge is 0.335 e. The lowest BCUT2D eigenvalue weighted by atomic mass is 9.81. The molecular weight excluding hydrogens is 262 g/mol. The number of rotatable bonds is 6. The molecule has 1 aliphatic carbocycles. The van der Waals surface area contributed by atoms with E-state index in [1.54, 1.807) is 6.07 Å². The molecule has 3 nitrogen and oxygen atoms in total. The second-order valence-electron chi connectivity index (χ2n) is 6.75. The van der Waals surface area contributed by atoms with Crippen LogP contribution in [0.3, 0.4) is 0 Å². The van der Waals surface area contributed by atoms with Gasteiger partial charge in [0, 0.05) is 12.6 Å². The van der Waals surface area contributed by atoms with E-state index >= 15 is 0 Å². The third kappa shape index (κ3) is 4.31. The minimum Gasteiger partial charge on any atom is -0.478 e. The molecule has 0 saturated heterocycles. The normalized spacial score (nSPS) is 19.3. The van der Waals surface area contributed by atoms with Gasteiger partial charge in [0.05, 0.1) is 5.56 Å². The lowest BCUT2D eigenvalue weighted by Gasteiger charge is -2.28. The van der Waals surface area contributed by atoms with E-state index in [4.69, 9.17) is 0 Å². The Kier molecular flexibility index (Phi) is 5.40. The molecule has 0 bridgehead atoms. The lowest BCUT2D eigenvalue weighted by molar-refractivity contribution is 0.0696. The van der Waals surface area contributed by atoms with Crippen LogP contribution in [0.2, 0.25) is 0 Å². The summed E-state index contributed by atoms with van der Waals surface area (Å²) < 4.78 is 0. The van der Waals surface area contributed by atoms with Gasteiger partial charge >= 0.3 is 5.97 Å². The van der Waals surface area contributed by atoms with Crippen LogP contribution in [0.1, 0.15) is 67.4 Å². The van der Waals surface area contributed by atoms with Gasteiger partial charge in [0.1, 0.15) is 0 Å². The highest BCUT2D eigenvalue weighted by Crippen LogP contribution is 2.32. The van der Waals surface area contributed by atoms with Crippen molar-refractivity contribution < 1.29 is 9.90 Å². The summed E-state index contributed by atoms with van der Waals surface area (Å²) in [5.74, 6) is 0.315. The highest BCUT2D eigenvalue weighted by molar-refractivity contribution is 5.88. The van der Waals surface area contributed by atoms with E-state index in [1.807, 2.05) is 12.1 Å². The summed E-state index contributed by atoms with van der Waals surface area (Å²) in [6, 6.07) is 6.13. The Morgan fingerprint density at radius 2 is 2.14 bits per heavy atom. The van der Waals surface area contributed by atoms with Gasteiger partial charge in [0.25, 0.3) is 0 Å². The van der Waals surface area contributed by atoms with Crippen molar-refractivity contribution in [2.75, 3.05) is 6.54 Å². The van der Waals surface area contributed by atoms with E-state index < -0.39 is 5.97 Å². The quantitative estimate of drug-likeness (QED) is 0.837. The number of carboxylic acids is 1. The van der Waals surface area contributed by atoms with Gasteiger partial charge in [-0.2, -0.15) is 0 Å². The monoisotopic (exact) mass is 289 g/mol. The lowest BCUT2D eigenvalue weighted by Crippen LogP contribution is -2.32. The van der Waals surface area contributed by atoms with Crippen molar-refractivity contribution in [3.63, 3.8) is 0 Å². The number of fused-ring (bicyclic) bond motifs is 1. The van der Waals surface area contributed by atoms with E-state index in [1.165, 1.54) is 24.0 Å². The minimum absolute atomic E-state index is 0.413. The molecule has 2 atom stereocenters. The van der Waals surface area contributed by atoms with Gasteiger partial charge < -0.3 is 10.4 Å². The first-order valence-electron chi connectivity index (χ1n) is 8.07. The number of nitrogens with one attached hydrogen (secondary N) is 1. The van der Waals surface area contributed by atoms with Crippen molar-refractivity contribution in [1.82, 2.24) is 5.32 Å². The summed E-state index contributed by atoms with van der Waals surface area (Å²) in [6.07, 6.45) is 4.60. The Labute approximate surface area is 127 Å². The average Bonchev–Trinajstić information content (AvgIpc) is 2.43. The molecule has 0 heterocycles. The largest absolute Gasteiger partial charge is 0.478 e. The molecule has 0 radical (unpaired) electrons. The van der Waals surface area contributed by atoms with Gasteiger partial charge in [-0.15, -0.1) is 0 Å². The number of hydrogen-bond acceptors (Lipinski definition) is 2. The van der Waals surface area contributed by atoms with Crippen LogP contribution in [0.25, 0.3) is 0 Å². The molecule has 2 N–H and O–H groups in total. The van der Waals surface area contributed by atoms with Crippen LogP contribution in [0, 0.1) is 5.92 Å². The maximum atomic E-state index is 11.2. The zero-order valence-corrected chi connectivity index (χ0v) is 13.4.